The molecule has 3 aliphatic carbocycles. The number of alkyl halides is 2. The summed E-state index contributed by atoms with van der Waals surface area (Å²) < 4.78 is 44.6. The van der Waals surface area contributed by atoms with Crippen LogP contribution in [0.3, 0.4) is 0 Å². The van der Waals surface area contributed by atoms with E-state index >= 15 is 0 Å². The van der Waals surface area contributed by atoms with Crippen LogP contribution in [-0.4, -0.2) is 68.4 Å². The topological polar surface area (TPSA) is 70.1 Å². The van der Waals surface area contributed by atoms with E-state index in [1.807, 2.05) is 29.2 Å². The number of hydrogen-bond donors (Lipinski definition) is 1. The van der Waals surface area contributed by atoms with Crippen LogP contribution in [0.5, 0.6) is 5.75 Å². The molecule has 1 aromatic rings. The van der Waals surface area contributed by atoms with E-state index in [0.29, 0.717) is 29.9 Å². The van der Waals surface area contributed by atoms with Crippen molar-refractivity contribution in [1.82, 2.24) is 4.31 Å². The van der Waals surface area contributed by atoms with E-state index in [4.69, 9.17) is 4.74 Å². The lowest BCUT2D eigenvalue weighted by Crippen LogP contribution is -2.43. The Kier molecular flexibility index (Phi) is 10.5. The molecule has 0 radical (unpaired) electrons. The quantitative estimate of drug-likeness (QED) is 0.317. The highest BCUT2D eigenvalue weighted by Gasteiger charge is 2.46. The Bertz CT molecular complexity index is 1090. The lowest BCUT2D eigenvalue weighted by Gasteiger charge is -2.42. The van der Waals surface area contributed by atoms with Crippen molar-refractivity contribution in [2.45, 2.75) is 110 Å². The number of halogens is 2. The van der Waals surface area contributed by atoms with Crippen molar-refractivity contribution in [1.29, 1.82) is 0 Å². The van der Waals surface area contributed by atoms with Gasteiger partial charge in [0.25, 0.3) is 0 Å². The highest BCUT2D eigenvalue weighted by molar-refractivity contribution is 8.00. The molecule has 0 saturated heterocycles. The van der Waals surface area contributed by atoms with E-state index in [9.17, 15) is 22.9 Å². The summed E-state index contributed by atoms with van der Waals surface area (Å²) in [4.78, 5) is 16.5. The number of thioether (sulfide) groups is 1. The molecular weight excluding hydrogens is 592 g/mol. The minimum Gasteiger partial charge on any atom is -0.491 e. The number of carboxylic acids is 1. The lowest BCUT2D eigenvalue weighted by molar-refractivity contribution is -0.157. The predicted octanol–water partition coefficient (Wildman–Crippen LogP) is 6.79. The number of benzene rings is 1. The largest absolute Gasteiger partial charge is 0.491 e. The molecule has 1 aliphatic heterocycles. The highest BCUT2D eigenvalue weighted by atomic mass is 32.2. The van der Waals surface area contributed by atoms with Gasteiger partial charge in [-0.05, 0) is 51.5 Å². The fourth-order valence-corrected chi connectivity index (χ4v) is 10.1. The van der Waals surface area contributed by atoms with Crippen molar-refractivity contribution in [3.63, 3.8) is 0 Å². The zero-order chi connectivity index (χ0) is 29.3. The molecule has 3 fully saturated rings. The van der Waals surface area contributed by atoms with Gasteiger partial charge in [0.15, 0.2) is 0 Å². The van der Waals surface area contributed by atoms with Crippen LogP contribution in [0.4, 0.5) is 14.5 Å². The first kappa shape index (κ1) is 32.4. The van der Waals surface area contributed by atoms with E-state index in [0.717, 1.165) is 54.8 Å². The number of ether oxygens (including phenoxy) is 1. The third kappa shape index (κ3) is 7.70. The molecule has 0 bridgehead atoms. The molecule has 3 unspecified atom stereocenters. The van der Waals surface area contributed by atoms with Crippen LogP contribution in [0.1, 0.15) is 78.1 Å². The third-order valence-electron chi connectivity index (χ3n) is 8.63. The van der Waals surface area contributed by atoms with Gasteiger partial charge in [-0.2, -0.15) is 0 Å². The van der Waals surface area contributed by atoms with Gasteiger partial charge in [0, 0.05) is 48.8 Å². The minimum absolute atomic E-state index is 0.0625. The highest BCUT2D eigenvalue weighted by Crippen LogP contribution is 2.54. The van der Waals surface area contributed by atoms with Gasteiger partial charge in [0.2, 0.25) is 5.92 Å². The van der Waals surface area contributed by atoms with Crippen LogP contribution in [-0.2, 0) is 15.8 Å². The van der Waals surface area contributed by atoms with E-state index < -0.39 is 28.3 Å². The Labute approximate surface area is 249 Å². The van der Waals surface area contributed by atoms with Gasteiger partial charge in [-0.3, -0.25) is 4.79 Å². The van der Waals surface area contributed by atoms with Crippen molar-refractivity contribution < 1.29 is 27.6 Å². The van der Waals surface area contributed by atoms with E-state index in [2.05, 4.69) is 29.4 Å². The summed E-state index contributed by atoms with van der Waals surface area (Å²) in [5.74, 6) is -2.54. The average Bonchev–Trinajstić information content (AvgIpc) is 3.33. The predicted molar refractivity (Wildman–Crippen MR) is 166 cm³/mol. The zero-order valence-corrected chi connectivity index (χ0v) is 27.7. The van der Waals surface area contributed by atoms with Crippen molar-refractivity contribution >= 4 is 52.9 Å². The van der Waals surface area contributed by atoms with Crippen molar-refractivity contribution in [2.75, 3.05) is 31.6 Å². The first-order valence-electron chi connectivity index (χ1n) is 14.3. The van der Waals surface area contributed by atoms with Gasteiger partial charge in [0.1, 0.15) is 28.8 Å². The molecule has 0 amide bonds. The summed E-state index contributed by atoms with van der Waals surface area (Å²) in [5.41, 5.74) is 0.287. The Hall–Kier alpha value is -0.530. The molecule has 5 rings (SSSR count). The van der Waals surface area contributed by atoms with Gasteiger partial charge in [-0.1, -0.05) is 26.2 Å². The standard InChI is InChI=1S/C24H36N2O4P2S2.C4H8F2/c1-25-9-10-26(16-5-2-3-6-16)18-11-20(33-17-13-24(31,32)14-17)19(12-21(18)34(25)29)30-15-23(22(27)28)7-4-8-23;1-3-4(2,5)6/h11-12,16-17H,2-10,13-15,31-32H2,1H3,(H,27,28);3H2,1-2H3. The van der Waals surface area contributed by atoms with Crippen molar-refractivity contribution in [3.05, 3.63) is 12.1 Å². The SMILES string of the molecule is CCC(C)(F)F.CN1CCN(C2CCCC2)c2cc(SC3CC(P)(P)C3)c(OCC3(C(=O)O)CCC3)cc2S1=O. The third-order valence-corrected chi connectivity index (χ3v) is 12.3. The number of carbonyl (C=O) groups is 1. The van der Waals surface area contributed by atoms with Gasteiger partial charge in [-0.15, -0.1) is 30.2 Å². The maximum atomic E-state index is 13.5. The molecule has 3 atom stereocenters. The number of aliphatic carboxylic acids is 1. The molecule has 1 N–H and O–H groups in total. The zero-order valence-electron chi connectivity index (χ0n) is 23.8. The number of hydrogen-bond acceptors (Lipinski definition) is 5. The van der Waals surface area contributed by atoms with E-state index in [1.165, 1.54) is 32.6 Å². The second-order valence-corrected chi connectivity index (χ2v) is 17.9. The number of anilines is 1. The summed E-state index contributed by atoms with van der Waals surface area (Å²) in [7, 11) is 6.52. The Balaban J connectivity index is 0.000000557. The monoisotopic (exact) mass is 636 g/mol. The average molecular weight is 637 g/mol. The molecular formula is C28H44F2N2O4P2S2. The van der Waals surface area contributed by atoms with E-state index in [-0.39, 0.29) is 17.9 Å². The summed E-state index contributed by atoms with van der Waals surface area (Å²) in [6.45, 7) is 4.16. The molecule has 1 aromatic carbocycles. The van der Waals surface area contributed by atoms with Gasteiger partial charge in [-0.25, -0.2) is 17.3 Å². The Morgan fingerprint density at radius 1 is 1.20 bits per heavy atom. The molecule has 6 nitrogen and oxygen atoms in total. The first-order chi connectivity index (χ1) is 18.7. The van der Waals surface area contributed by atoms with Crippen LogP contribution < -0.4 is 9.64 Å². The molecule has 40 heavy (non-hydrogen) atoms. The number of likely N-dealkylation sites (N-methyl/N-ethyl adjacent to an activating group) is 1. The first-order valence-corrected chi connectivity index (χ1v) is 17.4. The van der Waals surface area contributed by atoms with Crippen LogP contribution in [0.25, 0.3) is 0 Å². The summed E-state index contributed by atoms with van der Waals surface area (Å²) in [6, 6.07) is 4.65. The Morgan fingerprint density at radius 3 is 2.33 bits per heavy atom. The van der Waals surface area contributed by atoms with Crippen molar-refractivity contribution in [3.8, 4) is 5.75 Å². The maximum absolute atomic E-state index is 13.5. The number of carboxylic acid groups (broad SMARTS) is 1. The number of rotatable bonds is 8. The van der Waals surface area contributed by atoms with E-state index in [1.54, 1.807) is 0 Å². The minimum atomic E-state index is -2.46. The fraction of sp³-hybridized carbons (Fsp3) is 0.750. The molecule has 4 aliphatic rings. The molecule has 226 valence electrons. The maximum Gasteiger partial charge on any atom is 0.313 e. The number of nitrogens with zero attached hydrogens (tertiary/aromatic N) is 2. The molecule has 0 spiro atoms. The van der Waals surface area contributed by atoms with Crippen LogP contribution in [0, 0.1) is 5.41 Å². The molecule has 3 saturated carbocycles. The summed E-state index contributed by atoms with van der Waals surface area (Å²) in [6.07, 6.45) is 9.23. The van der Waals surface area contributed by atoms with Gasteiger partial charge >= 0.3 is 5.97 Å². The van der Waals surface area contributed by atoms with Gasteiger partial charge in [0.05, 0.1) is 15.5 Å². The molecule has 0 aromatic heterocycles. The Morgan fingerprint density at radius 2 is 1.82 bits per heavy atom. The summed E-state index contributed by atoms with van der Waals surface area (Å²) in [5, 5.41) is 10.3. The smallest absolute Gasteiger partial charge is 0.313 e. The van der Waals surface area contributed by atoms with Crippen molar-refractivity contribution in [2.24, 2.45) is 5.41 Å². The lowest BCUT2D eigenvalue weighted by atomic mass is 9.69. The number of fused-ring (bicyclic) bond motifs is 1. The second-order valence-electron chi connectivity index (χ2n) is 12.0. The molecule has 1 heterocycles. The van der Waals surface area contributed by atoms with Crippen LogP contribution in [0.2, 0.25) is 0 Å². The van der Waals surface area contributed by atoms with Gasteiger partial charge < -0.3 is 14.7 Å². The van der Waals surface area contributed by atoms with Crippen LogP contribution >= 0.6 is 30.2 Å². The second kappa shape index (κ2) is 13.0. The molecule has 12 heteroatoms. The van der Waals surface area contributed by atoms with Crippen LogP contribution in [0.15, 0.2) is 21.9 Å². The normalized spacial score (nSPS) is 24.7. The summed E-state index contributed by atoms with van der Waals surface area (Å²) >= 11 is 1.83. The fourth-order valence-electron chi connectivity index (χ4n) is 5.61.